The van der Waals surface area contributed by atoms with Crippen LogP contribution in [-0.4, -0.2) is 38.5 Å². The van der Waals surface area contributed by atoms with Crippen molar-refractivity contribution in [2.24, 2.45) is 5.92 Å². The Labute approximate surface area is 129 Å². The Hall–Kier alpha value is -1.13. The normalized spacial score (nSPS) is 23.7. The van der Waals surface area contributed by atoms with E-state index in [2.05, 4.69) is 0 Å². The second-order valence-corrected chi connectivity index (χ2v) is 7.68. The van der Waals surface area contributed by atoms with Gasteiger partial charge in [-0.3, -0.25) is 0 Å². The Bertz CT molecular complexity index is 695. The zero-order valence-corrected chi connectivity index (χ0v) is 12.9. The predicted octanol–water partition coefficient (Wildman–Crippen LogP) is 2.01. The number of hydrogen-bond acceptors (Lipinski definition) is 4. The van der Waals surface area contributed by atoms with Crippen molar-refractivity contribution in [1.82, 2.24) is 4.31 Å². The average molecular weight is 327 g/mol. The average Bonchev–Trinajstić information content (AvgIpc) is 3.32. The molecule has 0 N–H and O–H groups in total. The molecule has 1 saturated heterocycles. The Morgan fingerprint density at radius 2 is 2.14 bits per heavy atom. The van der Waals surface area contributed by atoms with Crippen LogP contribution in [-0.2, 0) is 14.8 Å². The lowest BCUT2D eigenvalue weighted by Gasteiger charge is -2.32. The van der Waals surface area contributed by atoms with Crippen molar-refractivity contribution in [3.8, 4) is 6.07 Å². The van der Waals surface area contributed by atoms with Crippen LogP contribution in [0.5, 0.6) is 0 Å². The van der Waals surface area contributed by atoms with Gasteiger partial charge in [0.25, 0.3) is 0 Å². The molecule has 21 heavy (non-hydrogen) atoms. The van der Waals surface area contributed by atoms with Crippen LogP contribution in [0.15, 0.2) is 23.1 Å². The molecular formula is C14H15ClN2O3S. The van der Waals surface area contributed by atoms with Gasteiger partial charge in [-0.25, -0.2) is 8.42 Å². The fraction of sp³-hybridized carbons (Fsp3) is 0.500. The van der Waals surface area contributed by atoms with Crippen LogP contribution in [0.4, 0.5) is 0 Å². The Morgan fingerprint density at radius 3 is 2.81 bits per heavy atom. The molecule has 0 amide bonds. The van der Waals surface area contributed by atoms with Crippen molar-refractivity contribution in [1.29, 1.82) is 5.26 Å². The van der Waals surface area contributed by atoms with Crippen LogP contribution in [0.25, 0.3) is 0 Å². The Kier molecular flexibility index (Phi) is 3.93. The molecule has 1 saturated carbocycles. The van der Waals surface area contributed by atoms with Crippen LogP contribution < -0.4 is 0 Å². The number of rotatable bonds is 3. The monoisotopic (exact) mass is 326 g/mol. The van der Waals surface area contributed by atoms with Crippen molar-refractivity contribution in [3.63, 3.8) is 0 Å². The van der Waals surface area contributed by atoms with Gasteiger partial charge in [0.05, 0.1) is 29.4 Å². The molecule has 112 valence electrons. The van der Waals surface area contributed by atoms with E-state index in [-0.39, 0.29) is 21.6 Å². The van der Waals surface area contributed by atoms with Crippen molar-refractivity contribution >= 4 is 21.6 Å². The molecule has 2 aliphatic rings. The molecule has 1 heterocycles. The Morgan fingerprint density at radius 1 is 1.38 bits per heavy atom. The molecule has 5 nitrogen and oxygen atoms in total. The quantitative estimate of drug-likeness (QED) is 0.852. The first-order chi connectivity index (χ1) is 10.0. The van der Waals surface area contributed by atoms with Crippen LogP contribution >= 0.6 is 11.6 Å². The maximum atomic E-state index is 12.7. The number of nitriles is 1. The van der Waals surface area contributed by atoms with Crippen molar-refractivity contribution in [2.45, 2.75) is 23.8 Å². The van der Waals surface area contributed by atoms with E-state index >= 15 is 0 Å². The molecular weight excluding hydrogens is 312 g/mol. The third kappa shape index (κ3) is 2.92. The Balaban J connectivity index is 1.91. The third-order valence-electron chi connectivity index (χ3n) is 3.88. The van der Waals surface area contributed by atoms with Crippen molar-refractivity contribution in [3.05, 3.63) is 28.8 Å². The first-order valence-corrected chi connectivity index (χ1v) is 8.65. The highest BCUT2D eigenvalue weighted by atomic mass is 35.5. The number of nitrogens with zero attached hydrogens (tertiary/aromatic N) is 2. The summed E-state index contributed by atoms with van der Waals surface area (Å²) in [6, 6.07) is 6.23. The van der Waals surface area contributed by atoms with Gasteiger partial charge in [-0.1, -0.05) is 11.6 Å². The minimum atomic E-state index is -3.69. The molecule has 0 aromatic heterocycles. The summed E-state index contributed by atoms with van der Waals surface area (Å²) in [6.45, 7) is 1.08. The van der Waals surface area contributed by atoms with Crippen LogP contribution in [0.2, 0.25) is 5.02 Å². The van der Waals surface area contributed by atoms with E-state index in [1.807, 2.05) is 6.07 Å². The van der Waals surface area contributed by atoms with Gasteiger partial charge < -0.3 is 4.74 Å². The molecule has 3 rings (SSSR count). The number of sulfonamides is 1. The van der Waals surface area contributed by atoms with Gasteiger partial charge in [0.2, 0.25) is 10.0 Å². The van der Waals surface area contributed by atoms with E-state index in [4.69, 9.17) is 21.6 Å². The second kappa shape index (κ2) is 5.58. The first-order valence-electron chi connectivity index (χ1n) is 6.84. The van der Waals surface area contributed by atoms with Crippen LogP contribution in [0.1, 0.15) is 18.4 Å². The molecule has 0 radical (unpaired) electrons. The van der Waals surface area contributed by atoms with Crippen LogP contribution in [0, 0.1) is 17.2 Å². The highest BCUT2D eigenvalue weighted by molar-refractivity contribution is 7.89. The van der Waals surface area contributed by atoms with Crippen molar-refractivity contribution < 1.29 is 13.2 Å². The molecule has 1 atom stereocenters. The fourth-order valence-electron chi connectivity index (χ4n) is 2.53. The molecule has 1 unspecified atom stereocenters. The summed E-state index contributed by atoms with van der Waals surface area (Å²) < 4.78 is 32.5. The molecule has 1 aliphatic heterocycles. The lowest BCUT2D eigenvalue weighted by molar-refractivity contribution is -0.0134. The largest absolute Gasteiger partial charge is 0.375 e. The smallest absolute Gasteiger partial charge is 0.244 e. The minimum absolute atomic E-state index is 0.000311. The standard InChI is InChI=1S/C14H15ClN2O3S/c15-12-4-1-10(8-16)7-14(12)21(18,19)17-5-6-20-13(9-17)11-2-3-11/h1,4,7,11,13H,2-3,5-6,9H2. The summed E-state index contributed by atoms with van der Waals surface area (Å²) >= 11 is 6.02. The highest BCUT2D eigenvalue weighted by Crippen LogP contribution is 2.37. The third-order valence-corrected chi connectivity index (χ3v) is 6.23. The summed E-state index contributed by atoms with van der Waals surface area (Å²) in [4.78, 5) is -0.000311. The topological polar surface area (TPSA) is 70.4 Å². The lowest BCUT2D eigenvalue weighted by Crippen LogP contribution is -2.46. The van der Waals surface area contributed by atoms with Crippen LogP contribution in [0.3, 0.4) is 0 Å². The maximum absolute atomic E-state index is 12.7. The van der Waals surface area contributed by atoms with Gasteiger partial charge >= 0.3 is 0 Å². The minimum Gasteiger partial charge on any atom is -0.375 e. The summed E-state index contributed by atoms with van der Waals surface area (Å²) in [5.41, 5.74) is 0.282. The highest BCUT2D eigenvalue weighted by Gasteiger charge is 2.39. The van der Waals surface area contributed by atoms with Gasteiger partial charge in [0.15, 0.2) is 0 Å². The SMILES string of the molecule is N#Cc1ccc(Cl)c(S(=O)(=O)N2CCOC(C3CC3)C2)c1. The maximum Gasteiger partial charge on any atom is 0.244 e. The zero-order valence-electron chi connectivity index (χ0n) is 11.3. The fourth-order valence-corrected chi connectivity index (χ4v) is 4.47. The molecule has 0 bridgehead atoms. The van der Waals surface area contributed by atoms with Gasteiger partial charge in [0.1, 0.15) is 4.90 Å². The summed E-state index contributed by atoms with van der Waals surface area (Å²) in [7, 11) is -3.69. The van der Waals surface area contributed by atoms with E-state index in [1.165, 1.54) is 22.5 Å². The van der Waals surface area contributed by atoms with E-state index < -0.39 is 10.0 Å². The first kappa shape index (κ1) is 14.8. The number of hydrogen-bond donors (Lipinski definition) is 0. The zero-order chi connectivity index (χ0) is 15.0. The molecule has 0 spiro atoms. The number of morpholine rings is 1. The van der Waals surface area contributed by atoms with Gasteiger partial charge in [-0.2, -0.15) is 9.57 Å². The predicted molar refractivity (Wildman–Crippen MR) is 77.4 cm³/mol. The number of halogens is 1. The van der Waals surface area contributed by atoms with E-state index in [0.717, 1.165) is 12.8 Å². The number of benzene rings is 1. The molecule has 1 aromatic rings. The second-order valence-electron chi connectivity index (χ2n) is 5.37. The van der Waals surface area contributed by atoms with E-state index in [0.29, 0.717) is 25.6 Å². The lowest BCUT2D eigenvalue weighted by atomic mass is 10.2. The van der Waals surface area contributed by atoms with Gasteiger partial charge in [-0.15, -0.1) is 0 Å². The van der Waals surface area contributed by atoms with Crippen molar-refractivity contribution in [2.75, 3.05) is 19.7 Å². The molecule has 7 heteroatoms. The molecule has 2 fully saturated rings. The summed E-state index contributed by atoms with van der Waals surface area (Å²) in [5, 5.41) is 9.07. The molecule has 1 aromatic carbocycles. The summed E-state index contributed by atoms with van der Waals surface area (Å²) in [5.74, 6) is 0.476. The number of ether oxygens (including phenoxy) is 1. The van der Waals surface area contributed by atoms with Gasteiger partial charge in [0, 0.05) is 13.1 Å². The van der Waals surface area contributed by atoms with E-state index in [9.17, 15) is 8.42 Å². The van der Waals surface area contributed by atoms with E-state index in [1.54, 1.807) is 0 Å². The van der Waals surface area contributed by atoms with Gasteiger partial charge in [-0.05, 0) is 37.0 Å². The summed E-state index contributed by atoms with van der Waals surface area (Å²) in [6.07, 6.45) is 2.18. The molecule has 1 aliphatic carbocycles.